The topological polar surface area (TPSA) is 59.2 Å². The first-order chi connectivity index (χ1) is 10.9. The van der Waals surface area contributed by atoms with Crippen molar-refractivity contribution in [3.05, 3.63) is 22.7 Å². The molecule has 0 saturated carbocycles. The largest absolute Gasteiger partial charge is 0.421 e. The van der Waals surface area contributed by atoms with Crippen LogP contribution in [-0.4, -0.2) is 40.3 Å². The van der Waals surface area contributed by atoms with E-state index < -0.39 is 18.6 Å². The van der Waals surface area contributed by atoms with Gasteiger partial charge in [0.25, 0.3) is 0 Å². The number of carbonyl (C=O) groups is 1. The molecule has 0 spiro atoms. The van der Waals surface area contributed by atoms with Crippen molar-refractivity contribution >= 4 is 17.2 Å². The Morgan fingerprint density at radius 2 is 2.17 bits per heavy atom. The monoisotopic (exact) mass is 347 g/mol. The second-order valence-electron chi connectivity index (χ2n) is 4.94. The van der Waals surface area contributed by atoms with Gasteiger partial charge in [0, 0.05) is 30.3 Å². The average Bonchev–Trinajstić information content (AvgIpc) is 3.13. The third-order valence-electron chi connectivity index (χ3n) is 3.00. The summed E-state index contributed by atoms with van der Waals surface area (Å²) >= 11 is 1.48. The number of amides is 1. The van der Waals surface area contributed by atoms with Gasteiger partial charge in [0.1, 0.15) is 6.54 Å². The molecule has 126 valence electrons. The van der Waals surface area contributed by atoms with Crippen LogP contribution in [0.1, 0.15) is 25.7 Å². The number of carbonyl (C=O) groups excluding carboxylic acids is 1. The fourth-order valence-electron chi connectivity index (χ4n) is 2.01. The Labute approximate surface area is 135 Å². The number of aromatic nitrogens is 2. The molecule has 0 fully saturated rings. The van der Waals surface area contributed by atoms with Crippen molar-refractivity contribution in [1.29, 1.82) is 0 Å². The fraction of sp³-hybridized carbons (Fsp3) is 0.500. The lowest BCUT2D eigenvalue weighted by Gasteiger charge is -2.23. The summed E-state index contributed by atoms with van der Waals surface area (Å²) in [5.74, 6) is 0.0110. The summed E-state index contributed by atoms with van der Waals surface area (Å²) in [5.41, 5.74) is 0.782. The van der Waals surface area contributed by atoms with Gasteiger partial charge in [-0.3, -0.25) is 4.79 Å². The number of halogens is 3. The van der Waals surface area contributed by atoms with Gasteiger partial charge >= 0.3 is 6.18 Å². The first-order valence-corrected chi connectivity index (χ1v) is 8.03. The minimum atomic E-state index is -4.40. The highest BCUT2D eigenvalue weighted by Gasteiger charge is 2.32. The Morgan fingerprint density at radius 1 is 1.39 bits per heavy atom. The van der Waals surface area contributed by atoms with Gasteiger partial charge in [0.2, 0.25) is 17.7 Å². The number of rotatable bonds is 7. The molecule has 23 heavy (non-hydrogen) atoms. The Morgan fingerprint density at radius 3 is 2.78 bits per heavy atom. The smallest absolute Gasteiger partial charge is 0.406 e. The molecule has 0 aliphatic carbocycles. The second kappa shape index (κ2) is 7.58. The molecule has 2 aromatic heterocycles. The van der Waals surface area contributed by atoms with E-state index in [-0.39, 0.29) is 25.3 Å². The molecular weight excluding hydrogens is 331 g/mol. The van der Waals surface area contributed by atoms with Crippen LogP contribution < -0.4 is 0 Å². The van der Waals surface area contributed by atoms with E-state index in [0.29, 0.717) is 12.3 Å². The third kappa shape index (κ3) is 5.34. The summed E-state index contributed by atoms with van der Waals surface area (Å²) in [7, 11) is 0. The van der Waals surface area contributed by atoms with Crippen LogP contribution in [0.4, 0.5) is 13.2 Å². The van der Waals surface area contributed by atoms with Gasteiger partial charge in [-0.15, -0.1) is 10.2 Å². The minimum Gasteiger partial charge on any atom is -0.421 e. The fourth-order valence-corrected chi connectivity index (χ4v) is 2.64. The number of hydrogen-bond acceptors (Lipinski definition) is 5. The van der Waals surface area contributed by atoms with Crippen molar-refractivity contribution < 1.29 is 22.4 Å². The highest BCUT2D eigenvalue weighted by molar-refractivity contribution is 7.08. The first kappa shape index (κ1) is 17.5. The number of aryl methyl sites for hydroxylation is 1. The normalized spacial score (nSPS) is 11.7. The van der Waals surface area contributed by atoms with Gasteiger partial charge in [-0.25, -0.2) is 0 Å². The molecule has 0 atom stereocenters. The molecule has 0 radical (unpaired) electrons. The van der Waals surface area contributed by atoms with Crippen LogP contribution in [0.2, 0.25) is 0 Å². The maximum atomic E-state index is 12.5. The van der Waals surface area contributed by atoms with E-state index in [0.717, 1.165) is 10.5 Å². The maximum Gasteiger partial charge on any atom is 0.406 e. The van der Waals surface area contributed by atoms with E-state index in [9.17, 15) is 18.0 Å². The van der Waals surface area contributed by atoms with Gasteiger partial charge in [-0.05, 0) is 17.9 Å². The molecule has 0 saturated heterocycles. The average molecular weight is 347 g/mol. The quantitative estimate of drug-likeness (QED) is 0.769. The molecular formula is C14H16F3N3O2S. The molecule has 0 unspecified atom stereocenters. The standard InChI is InChI=1S/C14H16F3N3O2S/c1-2-6-20(9-14(15,16)17)12(21)4-3-11-18-19-13(22-11)10-5-7-23-8-10/h5,7-8H,2-4,6,9H2,1H3. The third-order valence-corrected chi connectivity index (χ3v) is 3.69. The van der Waals surface area contributed by atoms with E-state index >= 15 is 0 Å². The molecule has 1 amide bonds. The van der Waals surface area contributed by atoms with Gasteiger partial charge in [0.15, 0.2) is 0 Å². The van der Waals surface area contributed by atoms with Crippen LogP contribution in [0.5, 0.6) is 0 Å². The maximum absolute atomic E-state index is 12.5. The van der Waals surface area contributed by atoms with E-state index in [1.54, 1.807) is 6.92 Å². The summed E-state index contributed by atoms with van der Waals surface area (Å²) in [5, 5.41) is 11.4. The molecule has 2 rings (SSSR count). The van der Waals surface area contributed by atoms with Gasteiger partial charge in [-0.2, -0.15) is 24.5 Å². The van der Waals surface area contributed by atoms with E-state index in [1.807, 2.05) is 16.8 Å². The predicted octanol–water partition coefficient (Wildman–Crippen LogP) is 3.53. The molecule has 0 aromatic carbocycles. The molecule has 0 aliphatic heterocycles. The Balaban J connectivity index is 1.92. The van der Waals surface area contributed by atoms with Crippen LogP contribution in [-0.2, 0) is 11.2 Å². The summed E-state index contributed by atoms with van der Waals surface area (Å²) in [6.07, 6.45) is -3.92. The highest BCUT2D eigenvalue weighted by atomic mass is 32.1. The highest BCUT2D eigenvalue weighted by Crippen LogP contribution is 2.21. The second-order valence-corrected chi connectivity index (χ2v) is 5.72. The number of alkyl halides is 3. The number of nitrogens with zero attached hydrogens (tertiary/aromatic N) is 3. The van der Waals surface area contributed by atoms with Gasteiger partial charge < -0.3 is 9.32 Å². The van der Waals surface area contributed by atoms with Crippen LogP contribution in [0.3, 0.4) is 0 Å². The summed E-state index contributed by atoms with van der Waals surface area (Å²) in [6.45, 7) is 0.563. The summed E-state index contributed by atoms with van der Waals surface area (Å²) in [6, 6.07) is 1.82. The van der Waals surface area contributed by atoms with Crippen LogP contribution in [0.25, 0.3) is 11.5 Å². The van der Waals surface area contributed by atoms with Crippen LogP contribution in [0, 0.1) is 0 Å². The van der Waals surface area contributed by atoms with Crippen molar-refractivity contribution in [3.63, 3.8) is 0 Å². The Kier molecular flexibility index (Phi) is 5.75. The Bertz CT molecular complexity index is 626. The predicted molar refractivity (Wildman–Crippen MR) is 78.9 cm³/mol. The van der Waals surface area contributed by atoms with Crippen LogP contribution >= 0.6 is 11.3 Å². The Hall–Kier alpha value is -1.90. The molecule has 2 heterocycles. The number of thiophene rings is 1. The van der Waals surface area contributed by atoms with Gasteiger partial charge in [0.05, 0.1) is 0 Å². The molecule has 2 aromatic rings. The number of hydrogen-bond donors (Lipinski definition) is 0. The lowest BCUT2D eigenvalue weighted by molar-refractivity contribution is -0.161. The lowest BCUT2D eigenvalue weighted by atomic mass is 10.2. The summed E-state index contributed by atoms with van der Waals surface area (Å²) < 4.78 is 42.8. The van der Waals surface area contributed by atoms with E-state index in [4.69, 9.17) is 4.42 Å². The minimum absolute atomic E-state index is 0.0718. The zero-order valence-electron chi connectivity index (χ0n) is 12.5. The molecule has 0 N–H and O–H groups in total. The van der Waals surface area contributed by atoms with Crippen molar-refractivity contribution in [2.24, 2.45) is 0 Å². The van der Waals surface area contributed by atoms with Gasteiger partial charge in [-0.1, -0.05) is 6.92 Å². The molecule has 9 heteroatoms. The van der Waals surface area contributed by atoms with Crippen molar-refractivity contribution in [2.75, 3.05) is 13.1 Å². The van der Waals surface area contributed by atoms with Crippen molar-refractivity contribution in [1.82, 2.24) is 15.1 Å². The van der Waals surface area contributed by atoms with Crippen molar-refractivity contribution in [3.8, 4) is 11.5 Å². The summed E-state index contributed by atoms with van der Waals surface area (Å²) in [4.78, 5) is 12.8. The molecule has 0 bridgehead atoms. The zero-order valence-corrected chi connectivity index (χ0v) is 13.3. The van der Waals surface area contributed by atoms with E-state index in [2.05, 4.69) is 10.2 Å². The SMILES string of the molecule is CCCN(CC(F)(F)F)C(=O)CCc1nnc(-c2ccsc2)o1. The molecule has 5 nitrogen and oxygen atoms in total. The first-order valence-electron chi connectivity index (χ1n) is 7.08. The lowest BCUT2D eigenvalue weighted by Crippen LogP contribution is -2.39. The molecule has 0 aliphatic rings. The van der Waals surface area contributed by atoms with Crippen molar-refractivity contribution in [2.45, 2.75) is 32.4 Å². The van der Waals surface area contributed by atoms with E-state index in [1.165, 1.54) is 11.3 Å². The zero-order chi connectivity index (χ0) is 16.9. The van der Waals surface area contributed by atoms with Crippen LogP contribution in [0.15, 0.2) is 21.2 Å².